The first kappa shape index (κ1) is 11.0. The molecule has 0 aliphatic rings. The molecule has 8 heavy (non-hydrogen) atoms. The molecule has 0 aromatic carbocycles. The van der Waals surface area contributed by atoms with Gasteiger partial charge in [-0.1, -0.05) is 26.3 Å². The Morgan fingerprint density at radius 1 is 1.38 bits per heavy atom. The van der Waals surface area contributed by atoms with Gasteiger partial charge < -0.3 is 11.1 Å². The van der Waals surface area contributed by atoms with Crippen LogP contribution in [0.5, 0.6) is 0 Å². The van der Waals surface area contributed by atoms with Crippen molar-refractivity contribution >= 4 is 9.68 Å². The van der Waals surface area contributed by atoms with E-state index in [0.29, 0.717) is 0 Å². The van der Waals surface area contributed by atoms with Gasteiger partial charge in [0.2, 0.25) is 0 Å². The summed E-state index contributed by atoms with van der Waals surface area (Å²) in [6.07, 6.45) is 1.36. The second-order valence-corrected chi connectivity index (χ2v) is 3.41. The van der Waals surface area contributed by atoms with Gasteiger partial charge in [0.25, 0.3) is 0 Å². The van der Waals surface area contributed by atoms with Crippen LogP contribution in [-0.2, 0) is 0 Å². The fraction of sp³-hybridized carbons (Fsp3) is 1.00. The third-order valence-electron chi connectivity index (χ3n) is 0.957. The van der Waals surface area contributed by atoms with E-state index in [1.807, 2.05) is 0 Å². The van der Waals surface area contributed by atoms with Crippen molar-refractivity contribution < 1.29 is 0 Å². The van der Waals surface area contributed by atoms with Gasteiger partial charge in [0.15, 0.2) is 0 Å². The maximum atomic E-state index is 3.39. The fourth-order valence-corrected chi connectivity index (χ4v) is 1.44. The molecule has 2 nitrogen and oxygen atoms in total. The van der Waals surface area contributed by atoms with Crippen LogP contribution in [-0.4, -0.2) is 16.2 Å². The second-order valence-electron chi connectivity index (χ2n) is 1.71. The molecule has 0 saturated heterocycles. The maximum Gasteiger partial charge on any atom is 0.0916 e. The van der Waals surface area contributed by atoms with E-state index < -0.39 is 0 Å². The zero-order valence-electron chi connectivity index (χ0n) is 6.04. The van der Waals surface area contributed by atoms with Crippen molar-refractivity contribution in [3.8, 4) is 0 Å². The van der Waals surface area contributed by atoms with Crippen LogP contribution in [0.4, 0.5) is 0 Å². The molecule has 52 valence electrons. The Hall–Kier alpha value is 0.137. The molecular weight excluding hydrogens is 116 g/mol. The third kappa shape index (κ3) is 9.46. The van der Waals surface area contributed by atoms with Crippen molar-refractivity contribution in [2.45, 2.75) is 26.3 Å². The highest BCUT2D eigenvalue weighted by Crippen LogP contribution is 1.80. The van der Waals surface area contributed by atoms with Crippen molar-refractivity contribution in [2.24, 2.45) is 0 Å². The van der Waals surface area contributed by atoms with E-state index in [9.17, 15) is 0 Å². The zero-order chi connectivity index (χ0) is 5.54. The van der Waals surface area contributed by atoms with E-state index in [4.69, 9.17) is 0 Å². The molecule has 0 atom stereocenters. The average Bonchev–Trinajstić information content (AvgIpc) is 1.69. The van der Waals surface area contributed by atoms with Gasteiger partial charge in [-0.05, 0) is 6.54 Å². The van der Waals surface area contributed by atoms with Gasteiger partial charge in [-0.2, -0.15) is 0 Å². The molecule has 4 N–H and O–H groups in total. The van der Waals surface area contributed by atoms with Crippen molar-refractivity contribution in [1.29, 1.82) is 0 Å². The maximum absolute atomic E-state index is 3.39. The Morgan fingerprint density at radius 3 is 2.38 bits per heavy atom. The highest BCUT2D eigenvalue weighted by Gasteiger charge is 1.79. The summed E-state index contributed by atoms with van der Waals surface area (Å²) in [5, 5.41) is 0. The molecule has 3 heteroatoms. The quantitative estimate of drug-likeness (QED) is 0.438. The molecule has 0 heterocycles. The Morgan fingerprint density at radius 2 is 2.00 bits per heavy atom. The van der Waals surface area contributed by atoms with E-state index >= 15 is 0 Å². The van der Waals surface area contributed by atoms with E-state index in [-0.39, 0.29) is 15.8 Å². The van der Waals surface area contributed by atoms with Gasteiger partial charge in [0, 0.05) is 0 Å². The Balaban J connectivity index is 0. The Bertz CT molecular complexity index is 29.6. The van der Waals surface area contributed by atoms with Crippen molar-refractivity contribution in [3.05, 3.63) is 0 Å². The fourth-order valence-electron chi connectivity index (χ4n) is 0.479. The standard InChI is InChI=1S/C5H15NSi.H3N/c1-3-5-7-6-4-2;/h6H,3-5,7H2,1-2H3;1H3. The lowest BCUT2D eigenvalue weighted by Gasteiger charge is -1.93. The van der Waals surface area contributed by atoms with Gasteiger partial charge in [-0.3, -0.25) is 0 Å². The lowest BCUT2D eigenvalue weighted by molar-refractivity contribution is 0.969. The van der Waals surface area contributed by atoms with Crippen LogP contribution < -0.4 is 11.1 Å². The molecule has 0 aromatic rings. The van der Waals surface area contributed by atoms with E-state index in [1.165, 1.54) is 19.0 Å². The van der Waals surface area contributed by atoms with Crippen molar-refractivity contribution in [3.63, 3.8) is 0 Å². The minimum Gasteiger partial charge on any atom is -0.344 e. The normalized spacial score (nSPS) is 9.75. The first-order valence-corrected chi connectivity index (χ1v) is 4.83. The lowest BCUT2D eigenvalue weighted by Crippen LogP contribution is -2.17. The van der Waals surface area contributed by atoms with Gasteiger partial charge in [-0.15, -0.1) is 0 Å². The summed E-state index contributed by atoms with van der Waals surface area (Å²) in [4.78, 5) is 3.39. The van der Waals surface area contributed by atoms with Crippen LogP contribution in [0.25, 0.3) is 0 Å². The number of hydrogen-bond acceptors (Lipinski definition) is 2. The first-order chi connectivity index (χ1) is 3.41. The third-order valence-corrected chi connectivity index (χ3v) is 2.87. The van der Waals surface area contributed by atoms with Crippen LogP contribution in [0.1, 0.15) is 20.3 Å². The summed E-state index contributed by atoms with van der Waals surface area (Å²) in [7, 11) is 0.161. The molecule has 0 fully saturated rings. The van der Waals surface area contributed by atoms with Gasteiger partial charge in [0.1, 0.15) is 0 Å². The molecule has 0 radical (unpaired) electrons. The predicted octanol–water partition coefficient (Wildman–Crippen LogP) is 0.670. The SMILES string of the molecule is CCC[SiH2]NCC.N. The monoisotopic (exact) mass is 134 g/mol. The Labute approximate surface area is 54.5 Å². The predicted molar refractivity (Wildman–Crippen MR) is 42.3 cm³/mol. The summed E-state index contributed by atoms with van der Waals surface area (Å²) in [5.74, 6) is 0. The molecule has 0 aliphatic carbocycles. The molecule has 0 rings (SSSR count). The van der Waals surface area contributed by atoms with Crippen molar-refractivity contribution in [1.82, 2.24) is 11.1 Å². The summed E-state index contributed by atoms with van der Waals surface area (Å²) in [6.45, 7) is 5.58. The van der Waals surface area contributed by atoms with Crippen LogP contribution >= 0.6 is 0 Å². The smallest absolute Gasteiger partial charge is 0.0916 e. The topological polar surface area (TPSA) is 47.0 Å². The molecule has 0 spiro atoms. The summed E-state index contributed by atoms with van der Waals surface area (Å²) in [5.41, 5.74) is 0. The van der Waals surface area contributed by atoms with E-state index in [0.717, 1.165) is 0 Å². The van der Waals surface area contributed by atoms with Gasteiger partial charge in [-0.25, -0.2) is 0 Å². The van der Waals surface area contributed by atoms with Gasteiger partial charge in [0.05, 0.1) is 9.68 Å². The largest absolute Gasteiger partial charge is 0.344 e. The Kier molecular flexibility index (Phi) is 14.0. The summed E-state index contributed by atoms with van der Waals surface area (Å²) < 4.78 is 0. The van der Waals surface area contributed by atoms with E-state index in [1.54, 1.807) is 0 Å². The van der Waals surface area contributed by atoms with Crippen LogP contribution in [0.15, 0.2) is 0 Å². The summed E-state index contributed by atoms with van der Waals surface area (Å²) in [6, 6.07) is 1.45. The van der Waals surface area contributed by atoms with Crippen molar-refractivity contribution in [2.75, 3.05) is 6.54 Å². The van der Waals surface area contributed by atoms with Crippen LogP contribution in [0.3, 0.4) is 0 Å². The van der Waals surface area contributed by atoms with Crippen LogP contribution in [0, 0.1) is 0 Å². The highest BCUT2D eigenvalue weighted by molar-refractivity contribution is 6.31. The molecule has 0 saturated carbocycles. The molecule has 0 aromatic heterocycles. The molecule has 0 amide bonds. The second kappa shape index (κ2) is 10.2. The summed E-state index contributed by atoms with van der Waals surface area (Å²) >= 11 is 0. The zero-order valence-corrected chi connectivity index (χ0v) is 7.45. The van der Waals surface area contributed by atoms with Gasteiger partial charge >= 0.3 is 0 Å². The molecule has 0 aliphatic heterocycles. The number of nitrogens with one attached hydrogen (secondary N) is 1. The number of hydrogen-bond donors (Lipinski definition) is 2. The molecule has 0 bridgehead atoms. The number of rotatable bonds is 4. The van der Waals surface area contributed by atoms with Crippen LogP contribution in [0.2, 0.25) is 6.04 Å². The first-order valence-electron chi connectivity index (χ1n) is 3.12. The minimum absolute atomic E-state index is 0. The minimum atomic E-state index is 0. The van der Waals surface area contributed by atoms with E-state index in [2.05, 4.69) is 18.8 Å². The molecule has 0 unspecified atom stereocenters. The lowest BCUT2D eigenvalue weighted by atomic mass is 10.6. The highest BCUT2D eigenvalue weighted by atomic mass is 28.2. The molecular formula is C5H18N2Si. The average molecular weight is 134 g/mol.